The smallest absolute Gasteiger partial charge is 0.129 e. The van der Waals surface area contributed by atoms with Crippen LogP contribution in [0, 0.1) is 6.92 Å². The van der Waals surface area contributed by atoms with Crippen molar-refractivity contribution >= 4 is 22.6 Å². The lowest BCUT2D eigenvalue weighted by molar-refractivity contribution is -0.184. The van der Waals surface area contributed by atoms with Crippen LogP contribution in [-0.4, -0.2) is 33.5 Å². The maximum absolute atomic E-state index is 10.2. The van der Waals surface area contributed by atoms with E-state index < -0.39 is 5.60 Å². The third-order valence-electron chi connectivity index (χ3n) is 4.20. The van der Waals surface area contributed by atoms with E-state index in [0.717, 1.165) is 32.7 Å². The monoisotopic (exact) mass is 328 g/mol. The van der Waals surface area contributed by atoms with Gasteiger partial charge in [0.1, 0.15) is 5.60 Å². The summed E-state index contributed by atoms with van der Waals surface area (Å²) >= 11 is 6.16. The van der Waals surface area contributed by atoms with E-state index in [2.05, 4.69) is 23.2 Å². The predicted molar refractivity (Wildman–Crippen MR) is 90.7 cm³/mol. The Morgan fingerprint density at radius 1 is 1.22 bits per heavy atom. The Kier molecular flexibility index (Phi) is 3.41. The molecule has 0 atom stereocenters. The summed E-state index contributed by atoms with van der Waals surface area (Å²) in [5.74, 6) is 0. The maximum Gasteiger partial charge on any atom is 0.129 e. The summed E-state index contributed by atoms with van der Waals surface area (Å²) in [5.41, 5.74) is 4.44. The zero-order chi connectivity index (χ0) is 16.0. The van der Waals surface area contributed by atoms with Crippen molar-refractivity contribution in [1.82, 2.24) is 9.55 Å². The molecule has 0 aliphatic carbocycles. The van der Waals surface area contributed by atoms with Crippen LogP contribution in [0.2, 0.25) is 5.02 Å². The van der Waals surface area contributed by atoms with Crippen molar-refractivity contribution in [3.63, 3.8) is 0 Å². The van der Waals surface area contributed by atoms with Crippen LogP contribution in [0.25, 0.3) is 22.2 Å². The highest BCUT2D eigenvalue weighted by molar-refractivity contribution is 6.31. The Bertz CT molecular complexity index is 864. The van der Waals surface area contributed by atoms with Gasteiger partial charge in [0.05, 0.1) is 37.1 Å². The fourth-order valence-corrected chi connectivity index (χ4v) is 3.31. The standard InChI is InChI=1S/C18H17ClN2O2/c1-12-4-14(6-15(19)5-12)13-2-3-17-16(7-13)20-11-21(17)8-18(22)9-23-10-18/h2-7,11,22H,8-10H2,1H3. The molecule has 4 rings (SSSR count). The molecule has 3 aromatic rings. The molecule has 0 radical (unpaired) electrons. The summed E-state index contributed by atoms with van der Waals surface area (Å²) in [6.45, 7) is 3.29. The third-order valence-corrected chi connectivity index (χ3v) is 4.42. The summed E-state index contributed by atoms with van der Waals surface area (Å²) < 4.78 is 7.08. The number of rotatable bonds is 3. The first-order valence-corrected chi connectivity index (χ1v) is 7.93. The molecule has 1 aromatic heterocycles. The molecule has 1 N–H and O–H groups in total. The molecule has 2 aromatic carbocycles. The van der Waals surface area contributed by atoms with E-state index >= 15 is 0 Å². The topological polar surface area (TPSA) is 47.3 Å². The van der Waals surface area contributed by atoms with Crippen LogP contribution in [0.4, 0.5) is 0 Å². The molecule has 1 saturated heterocycles. The van der Waals surface area contributed by atoms with Crippen LogP contribution in [-0.2, 0) is 11.3 Å². The highest BCUT2D eigenvalue weighted by atomic mass is 35.5. The van der Waals surface area contributed by atoms with Crippen LogP contribution >= 0.6 is 11.6 Å². The lowest BCUT2D eigenvalue weighted by Gasteiger charge is -2.36. The maximum atomic E-state index is 10.2. The van der Waals surface area contributed by atoms with Gasteiger partial charge in [-0.2, -0.15) is 0 Å². The molecule has 5 heteroatoms. The van der Waals surface area contributed by atoms with E-state index in [1.165, 1.54) is 0 Å². The molecule has 0 amide bonds. The predicted octanol–water partition coefficient (Wildman–Crippen LogP) is 3.43. The zero-order valence-corrected chi connectivity index (χ0v) is 13.5. The van der Waals surface area contributed by atoms with Crippen LogP contribution in [0.5, 0.6) is 0 Å². The minimum Gasteiger partial charge on any atom is -0.383 e. The minimum atomic E-state index is -0.767. The number of aryl methyl sites for hydroxylation is 1. The molecular formula is C18H17ClN2O2. The van der Waals surface area contributed by atoms with E-state index in [9.17, 15) is 5.11 Å². The molecule has 1 aliphatic rings. The second kappa shape index (κ2) is 5.34. The van der Waals surface area contributed by atoms with Gasteiger partial charge in [0, 0.05) is 5.02 Å². The largest absolute Gasteiger partial charge is 0.383 e. The normalized spacial score (nSPS) is 16.5. The Hall–Kier alpha value is -1.88. The molecule has 1 aliphatic heterocycles. The number of imidazole rings is 1. The van der Waals surface area contributed by atoms with E-state index in [1.54, 1.807) is 6.33 Å². The van der Waals surface area contributed by atoms with Gasteiger partial charge in [0.25, 0.3) is 0 Å². The molecule has 0 spiro atoms. The van der Waals surface area contributed by atoms with Crippen molar-refractivity contribution in [3.8, 4) is 11.1 Å². The molecule has 1 fully saturated rings. The van der Waals surface area contributed by atoms with Crippen LogP contribution < -0.4 is 0 Å². The second-order valence-corrected chi connectivity index (χ2v) is 6.75. The van der Waals surface area contributed by atoms with Gasteiger partial charge in [0.2, 0.25) is 0 Å². The van der Waals surface area contributed by atoms with Gasteiger partial charge >= 0.3 is 0 Å². The van der Waals surface area contributed by atoms with Gasteiger partial charge in [-0.25, -0.2) is 4.98 Å². The highest BCUT2D eigenvalue weighted by Crippen LogP contribution is 2.28. The second-order valence-electron chi connectivity index (χ2n) is 6.31. The SMILES string of the molecule is Cc1cc(Cl)cc(-c2ccc3c(c2)ncn3CC2(O)COC2)c1. The molecule has 118 valence electrons. The summed E-state index contributed by atoms with van der Waals surface area (Å²) in [5, 5.41) is 11.0. The van der Waals surface area contributed by atoms with Crippen molar-refractivity contribution < 1.29 is 9.84 Å². The van der Waals surface area contributed by atoms with Crippen molar-refractivity contribution in [3.05, 3.63) is 53.3 Å². The number of hydrogen-bond donors (Lipinski definition) is 1. The molecular weight excluding hydrogens is 312 g/mol. The van der Waals surface area contributed by atoms with Crippen LogP contribution in [0.3, 0.4) is 0 Å². The number of fused-ring (bicyclic) bond motifs is 1. The van der Waals surface area contributed by atoms with Gasteiger partial charge in [0.15, 0.2) is 0 Å². The Morgan fingerprint density at radius 2 is 2.04 bits per heavy atom. The van der Waals surface area contributed by atoms with Gasteiger partial charge in [-0.3, -0.25) is 0 Å². The van der Waals surface area contributed by atoms with Crippen molar-refractivity contribution in [2.45, 2.75) is 19.1 Å². The number of halogens is 1. The lowest BCUT2D eigenvalue weighted by Crippen LogP contribution is -2.52. The molecule has 4 nitrogen and oxygen atoms in total. The van der Waals surface area contributed by atoms with Crippen molar-refractivity contribution in [2.24, 2.45) is 0 Å². The molecule has 23 heavy (non-hydrogen) atoms. The Morgan fingerprint density at radius 3 is 2.74 bits per heavy atom. The van der Waals surface area contributed by atoms with E-state index in [4.69, 9.17) is 16.3 Å². The van der Waals surface area contributed by atoms with E-state index in [0.29, 0.717) is 19.8 Å². The van der Waals surface area contributed by atoms with Gasteiger partial charge in [-0.1, -0.05) is 23.7 Å². The zero-order valence-electron chi connectivity index (χ0n) is 12.8. The Balaban J connectivity index is 1.71. The quantitative estimate of drug-likeness (QED) is 0.801. The summed E-state index contributed by atoms with van der Waals surface area (Å²) in [4.78, 5) is 4.47. The van der Waals surface area contributed by atoms with Gasteiger partial charge < -0.3 is 14.4 Å². The van der Waals surface area contributed by atoms with Crippen LogP contribution in [0.15, 0.2) is 42.7 Å². The van der Waals surface area contributed by atoms with E-state index in [-0.39, 0.29) is 0 Å². The summed E-state index contributed by atoms with van der Waals surface area (Å²) in [6, 6.07) is 12.2. The number of nitrogens with zero attached hydrogens (tertiary/aromatic N) is 2. The Labute approximate surface area is 139 Å². The van der Waals surface area contributed by atoms with Gasteiger partial charge in [-0.15, -0.1) is 0 Å². The first kappa shape index (κ1) is 14.7. The average molecular weight is 329 g/mol. The van der Waals surface area contributed by atoms with Crippen molar-refractivity contribution in [2.75, 3.05) is 13.2 Å². The summed E-state index contributed by atoms with van der Waals surface area (Å²) in [6.07, 6.45) is 1.77. The third kappa shape index (κ3) is 2.74. The average Bonchev–Trinajstić information content (AvgIpc) is 2.87. The number of aromatic nitrogens is 2. The lowest BCUT2D eigenvalue weighted by atomic mass is 10.0. The number of hydrogen-bond acceptors (Lipinski definition) is 3. The number of benzene rings is 2. The fourth-order valence-electron chi connectivity index (χ4n) is 3.02. The van der Waals surface area contributed by atoms with Gasteiger partial charge in [-0.05, 0) is 47.9 Å². The van der Waals surface area contributed by atoms with E-state index in [1.807, 2.05) is 29.7 Å². The number of aliphatic hydroxyl groups is 1. The number of ether oxygens (including phenoxy) is 1. The first-order chi connectivity index (χ1) is 11.0. The fraction of sp³-hybridized carbons (Fsp3) is 0.278. The minimum absolute atomic E-state index is 0.381. The van der Waals surface area contributed by atoms with Crippen LogP contribution in [0.1, 0.15) is 5.56 Å². The molecule has 0 bridgehead atoms. The highest BCUT2D eigenvalue weighted by Gasteiger charge is 2.36. The molecule has 0 saturated carbocycles. The summed E-state index contributed by atoms with van der Waals surface area (Å²) in [7, 11) is 0. The van der Waals surface area contributed by atoms with Crippen molar-refractivity contribution in [1.29, 1.82) is 0 Å². The first-order valence-electron chi connectivity index (χ1n) is 7.55. The molecule has 2 heterocycles. The molecule has 0 unspecified atom stereocenters.